The second-order valence-corrected chi connectivity index (χ2v) is 5.22. The molecule has 1 aromatic carbocycles. The zero-order chi connectivity index (χ0) is 13.2. The number of benzene rings is 1. The van der Waals surface area contributed by atoms with Crippen molar-refractivity contribution in [1.29, 1.82) is 0 Å². The molecule has 3 rings (SSSR count). The summed E-state index contributed by atoms with van der Waals surface area (Å²) in [6.45, 7) is 2.20. The van der Waals surface area contributed by atoms with Gasteiger partial charge in [-0.25, -0.2) is 9.37 Å². The lowest BCUT2D eigenvalue weighted by Crippen LogP contribution is -2.35. The first-order valence-corrected chi connectivity index (χ1v) is 6.78. The summed E-state index contributed by atoms with van der Waals surface area (Å²) < 4.78 is 15.3. The number of hydrogen-bond donors (Lipinski definition) is 1. The maximum absolute atomic E-state index is 13.3. The topological polar surface area (TPSA) is 29.9 Å². The zero-order valence-corrected chi connectivity index (χ0v) is 11.0. The molecular weight excluding hydrogens is 241 g/mol. The Morgan fingerprint density at radius 1 is 1.37 bits per heavy atom. The standard InChI is InChI=1S/C15H18FN3/c1-11-4-2-7-14(18-11)15-9-17-10-19(15)13-6-3-5-12(16)8-13/h3,5-6,8-11,14,18H,2,4,7H2,1H3. The van der Waals surface area contributed by atoms with Crippen molar-refractivity contribution in [2.75, 3.05) is 0 Å². The molecule has 0 aliphatic carbocycles. The first-order chi connectivity index (χ1) is 9.24. The number of halogens is 1. The number of nitrogens with one attached hydrogen (secondary N) is 1. The number of piperidine rings is 1. The van der Waals surface area contributed by atoms with Crippen LogP contribution in [0.3, 0.4) is 0 Å². The molecule has 3 nitrogen and oxygen atoms in total. The van der Waals surface area contributed by atoms with Gasteiger partial charge in [0.1, 0.15) is 5.82 Å². The van der Waals surface area contributed by atoms with Gasteiger partial charge in [-0.1, -0.05) is 6.07 Å². The maximum atomic E-state index is 13.3. The van der Waals surface area contributed by atoms with Crippen molar-refractivity contribution in [3.05, 3.63) is 48.3 Å². The molecule has 1 aliphatic rings. The molecule has 1 saturated heterocycles. The molecule has 0 amide bonds. The second-order valence-electron chi connectivity index (χ2n) is 5.22. The van der Waals surface area contributed by atoms with Gasteiger partial charge in [0.25, 0.3) is 0 Å². The highest BCUT2D eigenvalue weighted by atomic mass is 19.1. The van der Waals surface area contributed by atoms with E-state index in [0.717, 1.165) is 17.8 Å². The maximum Gasteiger partial charge on any atom is 0.125 e. The summed E-state index contributed by atoms with van der Waals surface area (Å²) in [4.78, 5) is 4.23. The molecule has 2 unspecified atom stereocenters. The van der Waals surface area contributed by atoms with Gasteiger partial charge < -0.3 is 9.88 Å². The fourth-order valence-corrected chi connectivity index (χ4v) is 2.78. The van der Waals surface area contributed by atoms with Crippen LogP contribution in [0.25, 0.3) is 5.69 Å². The second kappa shape index (κ2) is 5.13. The third-order valence-corrected chi connectivity index (χ3v) is 3.73. The van der Waals surface area contributed by atoms with Gasteiger partial charge in [0.2, 0.25) is 0 Å². The van der Waals surface area contributed by atoms with E-state index in [-0.39, 0.29) is 5.82 Å². The fourth-order valence-electron chi connectivity index (χ4n) is 2.78. The van der Waals surface area contributed by atoms with Crippen LogP contribution in [-0.2, 0) is 0 Å². The van der Waals surface area contributed by atoms with Crippen LogP contribution in [0.2, 0.25) is 0 Å². The summed E-state index contributed by atoms with van der Waals surface area (Å²) >= 11 is 0. The SMILES string of the molecule is CC1CCCC(c2cncn2-c2cccc(F)c2)N1. The van der Waals surface area contributed by atoms with Crippen LogP contribution >= 0.6 is 0 Å². The number of imidazole rings is 1. The Balaban J connectivity index is 1.94. The van der Waals surface area contributed by atoms with Crippen LogP contribution in [0.15, 0.2) is 36.8 Å². The van der Waals surface area contributed by atoms with Crippen molar-refractivity contribution in [1.82, 2.24) is 14.9 Å². The Morgan fingerprint density at radius 3 is 3.05 bits per heavy atom. The average molecular weight is 259 g/mol. The Morgan fingerprint density at radius 2 is 2.26 bits per heavy atom. The number of nitrogens with zero attached hydrogens (tertiary/aromatic N) is 2. The molecule has 100 valence electrons. The molecule has 0 radical (unpaired) electrons. The van der Waals surface area contributed by atoms with Crippen molar-refractivity contribution in [3.8, 4) is 5.69 Å². The molecular formula is C15H18FN3. The summed E-state index contributed by atoms with van der Waals surface area (Å²) in [5.41, 5.74) is 1.93. The predicted molar refractivity (Wildman–Crippen MR) is 72.7 cm³/mol. The molecule has 1 fully saturated rings. The number of aromatic nitrogens is 2. The lowest BCUT2D eigenvalue weighted by molar-refractivity contribution is 0.334. The number of hydrogen-bond acceptors (Lipinski definition) is 2. The van der Waals surface area contributed by atoms with Gasteiger partial charge in [-0.3, -0.25) is 0 Å². The molecule has 0 spiro atoms. The van der Waals surface area contributed by atoms with E-state index in [9.17, 15) is 4.39 Å². The highest BCUT2D eigenvalue weighted by Crippen LogP contribution is 2.27. The fraction of sp³-hybridized carbons (Fsp3) is 0.400. The lowest BCUT2D eigenvalue weighted by Gasteiger charge is -2.29. The van der Waals surface area contributed by atoms with Crippen LogP contribution in [0, 0.1) is 5.82 Å². The van der Waals surface area contributed by atoms with Crippen molar-refractivity contribution >= 4 is 0 Å². The van der Waals surface area contributed by atoms with E-state index in [4.69, 9.17) is 0 Å². The van der Waals surface area contributed by atoms with Gasteiger partial charge in [-0.15, -0.1) is 0 Å². The molecule has 2 atom stereocenters. The van der Waals surface area contributed by atoms with E-state index >= 15 is 0 Å². The van der Waals surface area contributed by atoms with E-state index in [1.807, 2.05) is 16.8 Å². The summed E-state index contributed by atoms with van der Waals surface area (Å²) in [7, 11) is 0. The van der Waals surface area contributed by atoms with E-state index in [0.29, 0.717) is 12.1 Å². The molecule has 19 heavy (non-hydrogen) atoms. The molecule has 4 heteroatoms. The molecule has 1 aliphatic heterocycles. The van der Waals surface area contributed by atoms with Crippen LogP contribution in [0.4, 0.5) is 4.39 Å². The van der Waals surface area contributed by atoms with Crippen molar-refractivity contribution < 1.29 is 4.39 Å². The third kappa shape index (κ3) is 2.54. The van der Waals surface area contributed by atoms with Gasteiger partial charge in [-0.2, -0.15) is 0 Å². The van der Waals surface area contributed by atoms with Crippen LogP contribution in [-0.4, -0.2) is 15.6 Å². The van der Waals surface area contributed by atoms with Crippen molar-refractivity contribution in [3.63, 3.8) is 0 Å². The zero-order valence-electron chi connectivity index (χ0n) is 11.0. The van der Waals surface area contributed by atoms with E-state index in [2.05, 4.69) is 17.2 Å². The molecule has 0 bridgehead atoms. The van der Waals surface area contributed by atoms with E-state index in [1.165, 1.54) is 25.0 Å². The normalized spacial score (nSPS) is 23.5. The molecule has 2 aromatic rings. The Hall–Kier alpha value is -1.68. The molecule has 1 aromatic heterocycles. The lowest BCUT2D eigenvalue weighted by atomic mass is 9.97. The predicted octanol–water partition coefficient (Wildman–Crippen LogP) is 3.21. The minimum absolute atomic E-state index is 0.220. The van der Waals surface area contributed by atoms with Gasteiger partial charge >= 0.3 is 0 Å². The monoisotopic (exact) mass is 259 g/mol. The largest absolute Gasteiger partial charge is 0.306 e. The summed E-state index contributed by atoms with van der Waals surface area (Å²) in [5, 5.41) is 3.59. The van der Waals surface area contributed by atoms with E-state index in [1.54, 1.807) is 12.4 Å². The third-order valence-electron chi connectivity index (χ3n) is 3.73. The highest BCUT2D eigenvalue weighted by molar-refractivity contribution is 5.34. The van der Waals surface area contributed by atoms with Gasteiger partial charge in [0, 0.05) is 17.8 Å². The summed E-state index contributed by atoms with van der Waals surface area (Å²) in [6, 6.07) is 7.45. The molecule has 1 N–H and O–H groups in total. The Bertz CT molecular complexity index is 564. The van der Waals surface area contributed by atoms with E-state index < -0.39 is 0 Å². The quantitative estimate of drug-likeness (QED) is 0.897. The first kappa shape index (κ1) is 12.4. The van der Waals surface area contributed by atoms with Gasteiger partial charge in [-0.05, 0) is 44.4 Å². The van der Waals surface area contributed by atoms with Crippen LogP contribution < -0.4 is 5.32 Å². The minimum atomic E-state index is -0.220. The number of rotatable bonds is 2. The Kier molecular flexibility index (Phi) is 3.34. The summed E-state index contributed by atoms with van der Waals surface area (Å²) in [6.07, 6.45) is 7.16. The average Bonchev–Trinajstić information content (AvgIpc) is 2.88. The van der Waals surface area contributed by atoms with Crippen molar-refractivity contribution in [2.24, 2.45) is 0 Å². The molecule has 2 heterocycles. The van der Waals surface area contributed by atoms with Crippen molar-refractivity contribution in [2.45, 2.75) is 38.3 Å². The minimum Gasteiger partial charge on any atom is -0.306 e. The summed E-state index contributed by atoms with van der Waals surface area (Å²) in [5.74, 6) is -0.220. The van der Waals surface area contributed by atoms with Crippen LogP contribution in [0.5, 0.6) is 0 Å². The molecule has 0 saturated carbocycles. The van der Waals surface area contributed by atoms with Gasteiger partial charge in [0.15, 0.2) is 0 Å². The smallest absolute Gasteiger partial charge is 0.125 e. The first-order valence-electron chi connectivity index (χ1n) is 6.78. The highest BCUT2D eigenvalue weighted by Gasteiger charge is 2.22. The Labute approximate surface area is 112 Å². The van der Waals surface area contributed by atoms with Crippen LogP contribution in [0.1, 0.15) is 37.9 Å². The van der Waals surface area contributed by atoms with Gasteiger partial charge in [0.05, 0.1) is 18.2 Å².